The number of nitrogens with zero attached hydrogens (tertiary/aromatic N) is 2. The van der Waals surface area contributed by atoms with Crippen LogP contribution in [0.5, 0.6) is 0 Å². The minimum atomic E-state index is -0.737. The van der Waals surface area contributed by atoms with E-state index in [1.54, 1.807) is 24.3 Å². The monoisotopic (exact) mass is 291 g/mol. The van der Waals surface area contributed by atoms with Gasteiger partial charge in [-0.2, -0.15) is 5.26 Å². The minimum Gasteiger partial charge on any atom is -0.317 e. The van der Waals surface area contributed by atoms with Crippen molar-refractivity contribution in [1.29, 1.82) is 5.26 Å². The minimum absolute atomic E-state index is 0.325. The number of nitrogens with one attached hydrogen (secondary N) is 1. The molecule has 0 spiro atoms. The van der Waals surface area contributed by atoms with Crippen molar-refractivity contribution in [3.8, 4) is 6.07 Å². The Kier molecular flexibility index (Phi) is 3.58. The van der Waals surface area contributed by atoms with Crippen LogP contribution in [0.25, 0.3) is 0 Å². The van der Waals surface area contributed by atoms with Gasteiger partial charge in [-0.25, -0.2) is 0 Å². The van der Waals surface area contributed by atoms with Gasteiger partial charge in [0.15, 0.2) is 0 Å². The fraction of sp³-hybridized carbons (Fsp3) is 0.118. The molecule has 0 unspecified atom stereocenters. The Bertz CT molecular complexity index is 792. The average molecular weight is 291 g/mol. The number of hydrogen-bond donors (Lipinski definition) is 1. The predicted octanol–water partition coefficient (Wildman–Crippen LogP) is 2.09. The standard InChI is InChI=1S/C17H13N3O2/c18-11-13-6-1-3-7-14(13)19-16(21)17(22)20-10-9-12-5-2-4-8-15(12)20/h1-8H,9-10H2,(H,19,21). The summed E-state index contributed by atoms with van der Waals surface area (Å²) in [6.45, 7) is 0.492. The number of hydrogen-bond acceptors (Lipinski definition) is 3. The van der Waals surface area contributed by atoms with E-state index in [1.807, 2.05) is 30.3 Å². The lowest BCUT2D eigenvalue weighted by Crippen LogP contribution is -2.38. The molecule has 1 aliphatic heterocycles. The van der Waals surface area contributed by atoms with Crippen LogP contribution in [-0.4, -0.2) is 18.4 Å². The number of carbonyl (C=O) groups excluding carboxylic acids is 2. The van der Waals surface area contributed by atoms with Gasteiger partial charge in [0.2, 0.25) is 0 Å². The van der Waals surface area contributed by atoms with Crippen LogP contribution in [0, 0.1) is 11.3 Å². The zero-order chi connectivity index (χ0) is 15.5. The smallest absolute Gasteiger partial charge is 0.316 e. The van der Waals surface area contributed by atoms with Crippen LogP contribution in [0.4, 0.5) is 11.4 Å². The molecule has 0 aliphatic carbocycles. The van der Waals surface area contributed by atoms with Crippen molar-refractivity contribution in [3.05, 3.63) is 59.7 Å². The van der Waals surface area contributed by atoms with E-state index in [4.69, 9.17) is 5.26 Å². The summed E-state index contributed by atoms with van der Waals surface area (Å²) in [5, 5.41) is 11.5. The molecule has 0 aromatic heterocycles. The average Bonchev–Trinajstić information content (AvgIpc) is 2.98. The molecule has 5 heteroatoms. The first-order chi connectivity index (χ1) is 10.7. The maximum atomic E-state index is 12.3. The van der Waals surface area contributed by atoms with Gasteiger partial charge in [0, 0.05) is 12.2 Å². The highest BCUT2D eigenvalue weighted by Crippen LogP contribution is 2.27. The number of carbonyl (C=O) groups is 2. The van der Waals surface area contributed by atoms with E-state index in [9.17, 15) is 9.59 Å². The third-order valence-corrected chi connectivity index (χ3v) is 3.62. The van der Waals surface area contributed by atoms with Gasteiger partial charge >= 0.3 is 11.8 Å². The Morgan fingerprint density at radius 2 is 1.82 bits per heavy atom. The van der Waals surface area contributed by atoms with Crippen molar-refractivity contribution in [3.63, 3.8) is 0 Å². The van der Waals surface area contributed by atoms with Crippen LogP contribution >= 0.6 is 0 Å². The molecule has 0 saturated carbocycles. The van der Waals surface area contributed by atoms with Crippen LogP contribution in [0.1, 0.15) is 11.1 Å². The largest absolute Gasteiger partial charge is 0.317 e. The van der Waals surface area contributed by atoms with Crippen LogP contribution in [-0.2, 0) is 16.0 Å². The summed E-state index contributed by atoms with van der Waals surface area (Å²) < 4.78 is 0. The second kappa shape index (κ2) is 5.70. The van der Waals surface area contributed by atoms with Crippen LogP contribution < -0.4 is 10.2 Å². The molecule has 3 rings (SSSR count). The second-order valence-electron chi connectivity index (χ2n) is 4.95. The van der Waals surface area contributed by atoms with Gasteiger partial charge in [-0.05, 0) is 30.2 Å². The van der Waals surface area contributed by atoms with Crippen LogP contribution in [0.15, 0.2) is 48.5 Å². The fourth-order valence-electron chi connectivity index (χ4n) is 2.54. The predicted molar refractivity (Wildman–Crippen MR) is 82.3 cm³/mol. The van der Waals surface area contributed by atoms with Crippen molar-refractivity contribution < 1.29 is 9.59 Å². The van der Waals surface area contributed by atoms with Crippen molar-refractivity contribution in [2.45, 2.75) is 6.42 Å². The topological polar surface area (TPSA) is 73.2 Å². The maximum Gasteiger partial charge on any atom is 0.316 e. The summed E-state index contributed by atoms with van der Waals surface area (Å²) in [5.41, 5.74) is 2.50. The van der Waals surface area contributed by atoms with E-state index in [1.165, 1.54) is 4.90 Å². The lowest BCUT2D eigenvalue weighted by molar-refractivity contribution is -0.134. The highest BCUT2D eigenvalue weighted by molar-refractivity contribution is 6.44. The van der Waals surface area contributed by atoms with Crippen molar-refractivity contribution >= 4 is 23.2 Å². The second-order valence-corrected chi connectivity index (χ2v) is 4.95. The van der Waals surface area contributed by atoms with Crippen molar-refractivity contribution in [2.24, 2.45) is 0 Å². The van der Waals surface area contributed by atoms with E-state index < -0.39 is 11.8 Å². The van der Waals surface area contributed by atoms with E-state index in [0.717, 1.165) is 17.7 Å². The maximum absolute atomic E-state index is 12.3. The van der Waals surface area contributed by atoms with Crippen LogP contribution in [0.2, 0.25) is 0 Å². The summed E-state index contributed by atoms with van der Waals surface area (Å²) in [6.07, 6.45) is 0.740. The normalized spacial score (nSPS) is 12.4. The Morgan fingerprint density at radius 3 is 2.64 bits per heavy atom. The number of fused-ring (bicyclic) bond motifs is 1. The number of benzene rings is 2. The molecule has 2 aromatic rings. The highest BCUT2D eigenvalue weighted by Gasteiger charge is 2.29. The van der Waals surface area contributed by atoms with Crippen LogP contribution in [0.3, 0.4) is 0 Å². The molecule has 1 heterocycles. The summed E-state index contributed by atoms with van der Waals surface area (Å²) >= 11 is 0. The van der Waals surface area contributed by atoms with Crippen molar-refractivity contribution in [2.75, 3.05) is 16.8 Å². The van der Waals surface area contributed by atoms with Gasteiger partial charge < -0.3 is 10.2 Å². The SMILES string of the molecule is N#Cc1ccccc1NC(=O)C(=O)N1CCc2ccccc21. The van der Waals surface area contributed by atoms with E-state index >= 15 is 0 Å². The lowest BCUT2D eigenvalue weighted by Gasteiger charge is -2.16. The molecule has 22 heavy (non-hydrogen) atoms. The molecule has 0 fully saturated rings. The van der Waals surface area contributed by atoms with E-state index in [-0.39, 0.29) is 0 Å². The van der Waals surface area contributed by atoms with Gasteiger partial charge in [0.1, 0.15) is 6.07 Å². The zero-order valence-corrected chi connectivity index (χ0v) is 11.7. The third kappa shape index (κ3) is 2.42. The Hall–Kier alpha value is -3.13. The van der Waals surface area contributed by atoms with Gasteiger partial charge in [-0.1, -0.05) is 30.3 Å². The number of rotatable bonds is 1. The molecule has 0 atom stereocenters. The number of nitriles is 1. The molecular weight excluding hydrogens is 278 g/mol. The Balaban J connectivity index is 1.79. The van der Waals surface area contributed by atoms with Gasteiger partial charge in [0.05, 0.1) is 11.3 Å². The molecule has 0 saturated heterocycles. The molecular formula is C17H13N3O2. The summed E-state index contributed by atoms with van der Waals surface area (Å²) in [7, 11) is 0. The number of amides is 2. The summed E-state index contributed by atoms with van der Waals surface area (Å²) in [5.74, 6) is -1.35. The first-order valence-corrected chi connectivity index (χ1v) is 6.90. The quantitative estimate of drug-likeness (QED) is 0.818. The summed E-state index contributed by atoms with van der Waals surface area (Å²) in [4.78, 5) is 26.0. The highest BCUT2D eigenvalue weighted by atomic mass is 16.2. The van der Waals surface area contributed by atoms with E-state index in [2.05, 4.69) is 5.32 Å². The van der Waals surface area contributed by atoms with Gasteiger partial charge in [-0.15, -0.1) is 0 Å². The molecule has 1 aliphatic rings. The molecule has 0 radical (unpaired) electrons. The number of para-hydroxylation sites is 2. The Morgan fingerprint density at radius 1 is 1.09 bits per heavy atom. The number of anilines is 2. The Labute approximate surface area is 127 Å². The molecule has 2 amide bonds. The molecule has 108 valence electrons. The lowest BCUT2D eigenvalue weighted by atomic mass is 10.2. The van der Waals surface area contributed by atoms with Crippen molar-refractivity contribution in [1.82, 2.24) is 0 Å². The molecule has 2 aromatic carbocycles. The first kappa shape index (κ1) is 13.8. The van der Waals surface area contributed by atoms with E-state index in [0.29, 0.717) is 17.8 Å². The molecule has 5 nitrogen and oxygen atoms in total. The first-order valence-electron chi connectivity index (χ1n) is 6.90. The third-order valence-electron chi connectivity index (χ3n) is 3.62. The fourth-order valence-corrected chi connectivity index (χ4v) is 2.54. The molecule has 1 N–H and O–H groups in total. The van der Waals surface area contributed by atoms with Gasteiger partial charge in [-0.3, -0.25) is 9.59 Å². The zero-order valence-electron chi connectivity index (χ0n) is 11.7. The van der Waals surface area contributed by atoms with Gasteiger partial charge in [0.25, 0.3) is 0 Å². The molecule has 0 bridgehead atoms. The summed E-state index contributed by atoms with van der Waals surface area (Å²) in [6, 6.07) is 16.1.